The summed E-state index contributed by atoms with van der Waals surface area (Å²) in [6.45, 7) is 7.85. The first-order chi connectivity index (χ1) is 11.1. The fourth-order valence-corrected chi connectivity index (χ4v) is 2.09. The molecule has 0 aliphatic rings. The molecule has 128 valence electrons. The summed E-state index contributed by atoms with van der Waals surface area (Å²) in [5.41, 5.74) is 3.35. The fourth-order valence-electron chi connectivity index (χ4n) is 2.09. The molecule has 0 aliphatic heterocycles. The van der Waals surface area contributed by atoms with Gasteiger partial charge in [-0.05, 0) is 23.5 Å². The van der Waals surface area contributed by atoms with Crippen molar-refractivity contribution in [3.63, 3.8) is 0 Å². The van der Waals surface area contributed by atoms with Crippen LogP contribution in [0.3, 0.4) is 0 Å². The van der Waals surface area contributed by atoms with Crippen LogP contribution in [0.4, 0.5) is 23.2 Å². The lowest BCUT2D eigenvalue weighted by Crippen LogP contribution is -2.11. The lowest BCUT2D eigenvalue weighted by Gasteiger charge is -2.19. The second-order valence-electron chi connectivity index (χ2n) is 6.48. The molecule has 0 atom stereocenters. The summed E-state index contributed by atoms with van der Waals surface area (Å²) in [4.78, 5) is 0. The molecule has 0 unspecified atom stereocenters. The molecule has 0 aromatic heterocycles. The molecule has 0 heterocycles. The monoisotopic (exact) mass is 338 g/mol. The van der Waals surface area contributed by atoms with Crippen LogP contribution in [-0.2, 0) is 5.41 Å². The molecule has 1 N–H and O–H groups in total. The summed E-state index contributed by atoms with van der Waals surface area (Å²) in [5.74, 6) is -6.01. The molecule has 0 spiro atoms. The molecule has 2 aromatic carbocycles. The lowest BCUT2D eigenvalue weighted by atomic mass is 9.86. The molecule has 0 aliphatic carbocycles. The lowest BCUT2D eigenvalue weighted by molar-refractivity contribution is 0.458. The average Bonchev–Trinajstić information content (AvgIpc) is 2.52. The number of hydrogen-bond donors (Lipinski definition) is 1. The van der Waals surface area contributed by atoms with Crippen LogP contribution in [0, 0.1) is 23.3 Å². The first kappa shape index (κ1) is 18.0. The van der Waals surface area contributed by atoms with Gasteiger partial charge in [0.1, 0.15) is 5.69 Å². The van der Waals surface area contributed by atoms with E-state index >= 15 is 0 Å². The summed E-state index contributed by atoms with van der Waals surface area (Å²) in [6.07, 6.45) is 0. The minimum Gasteiger partial charge on any atom is -0.272 e. The van der Waals surface area contributed by atoms with Gasteiger partial charge < -0.3 is 0 Å². The second kappa shape index (κ2) is 6.63. The van der Waals surface area contributed by atoms with Gasteiger partial charge in [-0.1, -0.05) is 45.0 Å². The summed E-state index contributed by atoms with van der Waals surface area (Å²) in [5, 5.41) is 3.81. The molecule has 0 bridgehead atoms. The zero-order valence-electron chi connectivity index (χ0n) is 13.8. The standard InChI is InChI=1S/C18H18F4N2/c1-10(11-5-7-12(8-6-11)18(2,3)4)23-24-17-15(21)13(19)9-14(20)16(17)22/h5-9,24H,1-4H3. The number of anilines is 1. The van der Waals surface area contributed by atoms with Gasteiger partial charge in [0, 0.05) is 6.07 Å². The molecule has 2 rings (SSSR count). The highest BCUT2D eigenvalue weighted by molar-refractivity contribution is 5.99. The van der Waals surface area contributed by atoms with E-state index in [9.17, 15) is 17.6 Å². The summed E-state index contributed by atoms with van der Waals surface area (Å²) >= 11 is 0. The maximum absolute atomic E-state index is 13.6. The third kappa shape index (κ3) is 3.75. The van der Waals surface area contributed by atoms with Crippen molar-refractivity contribution in [2.45, 2.75) is 33.1 Å². The van der Waals surface area contributed by atoms with Crippen LogP contribution >= 0.6 is 0 Å². The van der Waals surface area contributed by atoms with E-state index in [0.29, 0.717) is 11.3 Å². The predicted octanol–water partition coefficient (Wildman–Crippen LogP) is 5.38. The third-order valence-corrected chi connectivity index (χ3v) is 3.62. The van der Waals surface area contributed by atoms with Gasteiger partial charge in [0.25, 0.3) is 0 Å². The van der Waals surface area contributed by atoms with E-state index in [1.807, 2.05) is 24.3 Å². The summed E-state index contributed by atoms with van der Waals surface area (Å²) < 4.78 is 53.4. The largest absolute Gasteiger partial charge is 0.272 e. The minimum atomic E-state index is -1.52. The quantitative estimate of drug-likeness (QED) is 0.346. The SMILES string of the molecule is CC(=NNc1c(F)c(F)cc(F)c1F)c1ccc(C(C)(C)C)cc1. The highest BCUT2D eigenvalue weighted by Gasteiger charge is 2.19. The van der Waals surface area contributed by atoms with Crippen LogP contribution in [0.5, 0.6) is 0 Å². The van der Waals surface area contributed by atoms with Crippen molar-refractivity contribution in [2.75, 3.05) is 5.43 Å². The third-order valence-electron chi connectivity index (χ3n) is 3.62. The Morgan fingerprint density at radius 2 is 1.42 bits per heavy atom. The molecule has 0 saturated heterocycles. The molecular formula is C18H18F4N2. The van der Waals surface area contributed by atoms with Gasteiger partial charge >= 0.3 is 0 Å². The molecule has 2 nitrogen and oxygen atoms in total. The predicted molar refractivity (Wildman–Crippen MR) is 87.2 cm³/mol. The summed E-state index contributed by atoms with van der Waals surface area (Å²) in [6, 6.07) is 7.65. The Balaban J connectivity index is 2.27. The first-order valence-corrected chi connectivity index (χ1v) is 7.35. The molecule has 0 saturated carbocycles. The Hall–Kier alpha value is -2.37. The molecule has 0 radical (unpaired) electrons. The van der Waals surface area contributed by atoms with Gasteiger partial charge in [-0.25, -0.2) is 17.6 Å². The van der Waals surface area contributed by atoms with Gasteiger partial charge in [0.05, 0.1) is 5.71 Å². The van der Waals surface area contributed by atoms with Gasteiger partial charge in [-0.15, -0.1) is 0 Å². The smallest absolute Gasteiger partial charge is 0.186 e. The Kier molecular flexibility index (Phi) is 4.96. The average molecular weight is 338 g/mol. The van der Waals surface area contributed by atoms with Gasteiger partial charge in [0.15, 0.2) is 23.3 Å². The Labute approximate surface area is 138 Å². The van der Waals surface area contributed by atoms with Crippen LogP contribution in [-0.4, -0.2) is 5.71 Å². The minimum absolute atomic E-state index is 0.00677. The van der Waals surface area contributed by atoms with Crippen LogP contribution in [0.2, 0.25) is 0 Å². The van der Waals surface area contributed by atoms with Crippen LogP contribution < -0.4 is 5.43 Å². The van der Waals surface area contributed by atoms with Gasteiger partial charge in [0.2, 0.25) is 0 Å². The van der Waals surface area contributed by atoms with Crippen molar-refractivity contribution in [1.29, 1.82) is 0 Å². The van der Waals surface area contributed by atoms with Crippen LogP contribution in [0.25, 0.3) is 0 Å². The van der Waals surface area contributed by atoms with E-state index < -0.39 is 29.0 Å². The highest BCUT2D eigenvalue weighted by Crippen LogP contribution is 2.25. The van der Waals surface area contributed by atoms with Crippen molar-refractivity contribution >= 4 is 11.4 Å². The van der Waals surface area contributed by atoms with Crippen molar-refractivity contribution in [1.82, 2.24) is 0 Å². The van der Waals surface area contributed by atoms with E-state index in [1.54, 1.807) is 6.92 Å². The number of nitrogens with one attached hydrogen (secondary N) is 1. The maximum atomic E-state index is 13.6. The fraction of sp³-hybridized carbons (Fsp3) is 0.278. The van der Waals surface area contributed by atoms with Crippen molar-refractivity contribution in [3.05, 3.63) is 64.7 Å². The molecular weight excluding hydrogens is 320 g/mol. The number of rotatable bonds is 3. The van der Waals surface area contributed by atoms with Crippen LogP contribution in [0.15, 0.2) is 35.4 Å². The van der Waals surface area contributed by atoms with E-state index in [0.717, 1.165) is 5.56 Å². The highest BCUT2D eigenvalue weighted by atomic mass is 19.2. The van der Waals surface area contributed by atoms with Crippen molar-refractivity contribution in [2.24, 2.45) is 5.10 Å². The number of hydrazone groups is 1. The van der Waals surface area contributed by atoms with Crippen molar-refractivity contribution < 1.29 is 17.6 Å². The topological polar surface area (TPSA) is 24.4 Å². The number of nitrogens with zero attached hydrogens (tertiary/aromatic N) is 1. The van der Waals surface area contributed by atoms with Gasteiger partial charge in [-0.3, -0.25) is 5.43 Å². The van der Waals surface area contributed by atoms with E-state index in [1.165, 1.54) is 0 Å². The second-order valence-corrected chi connectivity index (χ2v) is 6.48. The first-order valence-electron chi connectivity index (χ1n) is 7.35. The number of halogens is 4. The van der Waals surface area contributed by atoms with Crippen molar-refractivity contribution in [3.8, 4) is 0 Å². The molecule has 0 amide bonds. The summed E-state index contributed by atoms with van der Waals surface area (Å²) in [7, 11) is 0. The Morgan fingerprint density at radius 3 is 1.88 bits per heavy atom. The molecule has 2 aromatic rings. The van der Waals surface area contributed by atoms with E-state index in [2.05, 4.69) is 31.3 Å². The maximum Gasteiger partial charge on any atom is 0.186 e. The Bertz CT molecular complexity index is 749. The Morgan fingerprint density at radius 1 is 0.917 bits per heavy atom. The zero-order valence-corrected chi connectivity index (χ0v) is 13.8. The molecule has 24 heavy (non-hydrogen) atoms. The van der Waals surface area contributed by atoms with E-state index in [-0.39, 0.29) is 11.5 Å². The molecule has 6 heteroatoms. The molecule has 0 fully saturated rings. The van der Waals surface area contributed by atoms with E-state index in [4.69, 9.17) is 0 Å². The zero-order chi connectivity index (χ0) is 18.1. The normalized spacial score (nSPS) is 12.4. The van der Waals surface area contributed by atoms with Gasteiger partial charge in [-0.2, -0.15) is 5.10 Å². The van der Waals surface area contributed by atoms with Crippen LogP contribution in [0.1, 0.15) is 38.8 Å². The number of benzene rings is 2. The number of hydrogen-bond acceptors (Lipinski definition) is 2.